The topological polar surface area (TPSA) is 55.6 Å². The van der Waals surface area contributed by atoms with Gasteiger partial charge in [-0.3, -0.25) is 4.79 Å². The Morgan fingerprint density at radius 1 is 1.50 bits per heavy atom. The van der Waals surface area contributed by atoms with E-state index in [0.717, 1.165) is 17.5 Å². The molecular formula is C15H24N2O2S. The second-order valence-corrected chi connectivity index (χ2v) is 6.75. The second-order valence-electron chi connectivity index (χ2n) is 5.75. The number of anilines is 2. The average Bonchev–Trinajstić information content (AvgIpc) is 3.14. The van der Waals surface area contributed by atoms with Gasteiger partial charge in [-0.2, -0.15) is 0 Å². The zero-order valence-electron chi connectivity index (χ0n) is 12.7. The minimum absolute atomic E-state index is 0.0459. The Bertz CT molecular complexity index is 492. The van der Waals surface area contributed by atoms with E-state index in [1.807, 2.05) is 20.8 Å². The average molecular weight is 296 g/mol. The highest BCUT2D eigenvalue weighted by molar-refractivity contribution is 7.19. The summed E-state index contributed by atoms with van der Waals surface area (Å²) in [5.41, 5.74) is 6.66. The Morgan fingerprint density at radius 2 is 2.15 bits per heavy atom. The van der Waals surface area contributed by atoms with Gasteiger partial charge in [-0.05, 0) is 32.6 Å². The third-order valence-corrected chi connectivity index (χ3v) is 4.73. The van der Waals surface area contributed by atoms with Crippen molar-refractivity contribution >= 4 is 27.8 Å². The van der Waals surface area contributed by atoms with Gasteiger partial charge in [0.15, 0.2) is 11.5 Å². The minimum atomic E-state index is 0.0459. The lowest BCUT2D eigenvalue weighted by molar-refractivity contribution is 0.0992. The summed E-state index contributed by atoms with van der Waals surface area (Å²) in [5, 5.41) is 0.986. The molecule has 1 aliphatic rings. The number of ketones is 1. The maximum atomic E-state index is 12.0. The van der Waals surface area contributed by atoms with E-state index in [-0.39, 0.29) is 11.9 Å². The third-order valence-electron chi connectivity index (χ3n) is 3.39. The molecule has 0 unspecified atom stereocenters. The number of thiophene rings is 1. The molecule has 0 atom stereocenters. The number of nitrogens with two attached hydrogens (primary N) is 1. The first-order chi connectivity index (χ1) is 9.43. The lowest BCUT2D eigenvalue weighted by Crippen LogP contribution is -2.20. The molecule has 1 aromatic rings. The van der Waals surface area contributed by atoms with Crippen LogP contribution in [0.5, 0.6) is 5.75 Å². The SMILES string of the molecule is CCC(=O)c1sc(N(C)CC2CC2)c(OC(C)C)c1N. The predicted molar refractivity (Wildman–Crippen MR) is 85.1 cm³/mol. The Kier molecular flexibility index (Phi) is 4.58. The minimum Gasteiger partial charge on any atom is -0.486 e. The molecule has 1 saturated carbocycles. The van der Waals surface area contributed by atoms with Crippen LogP contribution in [0.3, 0.4) is 0 Å². The Balaban J connectivity index is 2.33. The van der Waals surface area contributed by atoms with Gasteiger partial charge in [0.1, 0.15) is 5.00 Å². The van der Waals surface area contributed by atoms with Crippen LogP contribution in [0.4, 0.5) is 10.7 Å². The molecule has 2 N–H and O–H groups in total. The van der Waals surface area contributed by atoms with E-state index in [2.05, 4.69) is 11.9 Å². The summed E-state index contributed by atoms with van der Waals surface area (Å²) >= 11 is 1.47. The number of hydrogen-bond acceptors (Lipinski definition) is 5. The fraction of sp³-hybridized carbons (Fsp3) is 0.667. The maximum absolute atomic E-state index is 12.0. The fourth-order valence-corrected chi connectivity index (χ4v) is 3.29. The largest absolute Gasteiger partial charge is 0.486 e. The van der Waals surface area contributed by atoms with Gasteiger partial charge in [0.25, 0.3) is 0 Å². The number of nitrogen functional groups attached to an aromatic ring is 1. The van der Waals surface area contributed by atoms with Crippen LogP contribution in [-0.2, 0) is 0 Å². The van der Waals surface area contributed by atoms with Gasteiger partial charge in [-0.1, -0.05) is 6.92 Å². The van der Waals surface area contributed by atoms with Gasteiger partial charge in [0, 0.05) is 20.0 Å². The van der Waals surface area contributed by atoms with Crippen molar-refractivity contribution in [2.75, 3.05) is 24.2 Å². The van der Waals surface area contributed by atoms with Crippen LogP contribution >= 0.6 is 11.3 Å². The molecule has 4 nitrogen and oxygen atoms in total. The number of carbonyl (C=O) groups is 1. The number of rotatable bonds is 7. The summed E-state index contributed by atoms with van der Waals surface area (Å²) in [6, 6.07) is 0. The molecule has 0 spiro atoms. The first kappa shape index (κ1) is 15.2. The molecule has 5 heteroatoms. The van der Waals surface area contributed by atoms with Crippen molar-refractivity contribution in [2.24, 2.45) is 5.92 Å². The molecule has 0 radical (unpaired) electrons. The van der Waals surface area contributed by atoms with E-state index in [9.17, 15) is 4.79 Å². The van der Waals surface area contributed by atoms with Crippen LogP contribution in [0.15, 0.2) is 0 Å². The van der Waals surface area contributed by atoms with Gasteiger partial charge >= 0.3 is 0 Å². The molecule has 2 rings (SSSR count). The summed E-state index contributed by atoms with van der Waals surface area (Å²) in [6.45, 7) is 6.82. The van der Waals surface area contributed by atoms with Crippen LogP contribution in [0, 0.1) is 5.92 Å². The Hall–Kier alpha value is -1.23. The molecule has 1 heterocycles. The number of Topliss-reactive ketones (excluding diaryl/α,β-unsaturated/α-hetero) is 1. The summed E-state index contributed by atoms with van der Waals surface area (Å²) in [5.74, 6) is 1.55. The van der Waals surface area contributed by atoms with E-state index in [1.165, 1.54) is 24.2 Å². The fourth-order valence-electron chi connectivity index (χ4n) is 2.16. The standard InChI is InChI=1S/C15H24N2O2S/c1-5-11(18)14-12(16)13(19-9(2)3)15(20-14)17(4)8-10-6-7-10/h9-10H,5-8,16H2,1-4H3. The van der Waals surface area contributed by atoms with E-state index >= 15 is 0 Å². The Labute approximate surface area is 124 Å². The van der Waals surface area contributed by atoms with Gasteiger partial charge in [0.2, 0.25) is 0 Å². The molecule has 0 aliphatic heterocycles. The van der Waals surface area contributed by atoms with E-state index in [4.69, 9.17) is 10.5 Å². The summed E-state index contributed by atoms with van der Waals surface area (Å²) in [6.07, 6.45) is 3.11. The van der Waals surface area contributed by atoms with Crippen molar-refractivity contribution in [1.29, 1.82) is 0 Å². The van der Waals surface area contributed by atoms with Crippen LogP contribution in [0.2, 0.25) is 0 Å². The van der Waals surface area contributed by atoms with E-state index < -0.39 is 0 Å². The van der Waals surface area contributed by atoms with Crippen molar-refractivity contribution in [2.45, 2.75) is 46.1 Å². The van der Waals surface area contributed by atoms with Crippen molar-refractivity contribution in [3.8, 4) is 5.75 Å². The van der Waals surface area contributed by atoms with E-state index in [1.54, 1.807) is 0 Å². The second kappa shape index (κ2) is 6.04. The normalized spacial score (nSPS) is 14.7. The van der Waals surface area contributed by atoms with Gasteiger partial charge < -0.3 is 15.4 Å². The van der Waals surface area contributed by atoms with Gasteiger partial charge in [0.05, 0.1) is 16.7 Å². The summed E-state index contributed by atoms with van der Waals surface area (Å²) < 4.78 is 5.87. The molecule has 0 bridgehead atoms. The Morgan fingerprint density at radius 3 is 2.65 bits per heavy atom. The predicted octanol–water partition coefficient (Wildman–Crippen LogP) is 3.56. The quantitative estimate of drug-likeness (QED) is 0.782. The number of hydrogen-bond donors (Lipinski definition) is 1. The molecule has 20 heavy (non-hydrogen) atoms. The molecule has 112 valence electrons. The maximum Gasteiger partial charge on any atom is 0.177 e. The number of nitrogens with zero attached hydrogens (tertiary/aromatic N) is 1. The monoisotopic (exact) mass is 296 g/mol. The molecule has 0 saturated heterocycles. The van der Waals surface area contributed by atoms with Crippen molar-refractivity contribution in [3.63, 3.8) is 0 Å². The van der Waals surface area contributed by atoms with E-state index in [0.29, 0.717) is 22.7 Å². The molecule has 0 amide bonds. The van der Waals surface area contributed by atoms with Crippen LogP contribution in [0.25, 0.3) is 0 Å². The molecule has 1 aromatic heterocycles. The first-order valence-corrected chi connectivity index (χ1v) is 8.08. The smallest absolute Gasteiger partial charge is 0.177 e. The zero-order valence-corrected chi connectivity index (χ0v) is 13.5. The van der Waals surface area contributed by atoms with Crippen LogP contribution in [0.1, 0.15) is 49.7 Å². The first-order valence-electron chi connectivity index (χ1n) is 7.27. The molecule has 0 aromatic carbocycles. The third kappa shape index (κ3) is 3.26. The molecule has 1 fully saturated rings. The highest BCUT2D eigenvalue weighted by Crippen LogP contribution is 2.46. The highest BCUT2D eigenvalue weighted by Gasteiger charge is 2.28. The van der Waals surface area contributed by atoms with Crippen molar-refractivity contribution in [3.05, 3.63) is 4.88 Å². The van der Waals surface area contributed by atoms with Crippen molar-refractivity contribution < 1.29 is 9.53 Å². The number of carbonyl (C=O) groups excluding carboxylic acids is 1. The van der Waals surface area contributed by atoms with Crippen LogP contribution < -0.4 is 15.4 Å². The lowest BCUT2D eigenvalue weighted by atomic mass is 10.2. The summed E-state index contributed by atoms with van der Waals surface area (Å²) in [4.78, 5) is 14.8. The number of ether oxygens (including phenoxy) is 1. The van der Waals surface area contributed by atoms with Gasteiger partial charge in [-0.15, -0.1) is 11.3 Å². The zero-order chi connectivity index (χ0) is 14.9. The highest BCUT2D eigenvalue weighted by atomic mass is 32.1. The lowest BCUT2D eigenvalue weighted by Gasteiger charge is -2.20. The van der Waals surface area contributed by atoms with Crippen LogP contribution in [-0.4, -0.2) is 25.5 Å². The molecule has 1 aliphatic carbocycles. The molecular weight excluding hydrogens is 272 g/mol. The summed E-state index contributed by atoms with van der Waals surface area (Å²) in [7, 11) is 2.05. The van der Waals surface area contributed by atoms with Crippen molar-refractivity contribution in [1.82, 2.24) is 0 Å². The van der Waals surface area contributed by atoms with Gasteiger partial charge in [-0.25, -0.2) is 0 Å².